The van der Waals surface area contributed by atoms with Crippen LogP contribution in [0.4, 0.5) is 4.79 Å². The van der Waals surface area contributed by atoms with E-state index in [1.54, 1.807) is 12.1 Å². The van der Waals surface area contributed by atoms with Gasteiger partial charge in [-0.25, -0.2) is 9.10 Å². The number of carbonyl (C=O) groups excluding carboxylic acids is 1. The van der Waals surface area contributed by atoms with Crippen molar-refractivity contribution in [3.63, 3.8) is 0 Å². The number of rotatable bonds is 9. The largest absolute Gasteiger partial charge is 0.465 e. The van der Waals surface area contributed by atoms with Crippen LogP contribution in [0, 0.1) is 11.8 Å². The van der Waals surface area contributed by atoms with E-state index in [0.29, 0.717) is 23.4 Å². The maximum absolute atomic E-state index is 13.7. The highest BCUT2D eigenvalue weighted by molar-refractivity contribution is 8.22. The summed E-state index contributed by atoms with van der Waals surface area (Å²) < 4.78 is 23.5. The molecular weight excluding hydrogens is 540 g/mol. The van der Waals surface area contributed by atoms with Crippen molar-refractivity contribution in [1.82, 2.24) is 20.3 Å². The van der Waals surface area contributed by atoms with Gasteiger partial charge in [-0.2, -0.15) is 0 Å². The number of nitrogens with one attached hydrogen (secondary N) is 3. The molecule has 1 saturated carbocycles. The smallest absolute Gasteiger partial charge is 0.405 e. The van der Waals surface area contributed by atoms with E-state index in [1.165, 1.54) is 0 Å². The predicted molar refractivity (Wildman–Crippen MR) is 156 cm³/mol. The van der Waals surface area contributed by atoms with Crippen molar-refractivity contribution in [3.05, 3.63) is 34.9 Å². The van der Waals surface area contributed by atoms with E-state index in [-0.39, 0.29) is 35.7 Å². The first kappa shape index (κ1) is 30.4. The van der Waals surface area contributed by atoms with Crippen LogP contribution in [0.2, 0.25) is 5.02 Å². The SMILES string of the molecule is CC(C)[C@@H](c1ccc(Cl)cc1)[C@H](NC(=O)O)C(=O)N[C@H]1CCCC[C@@H]1CC[C@H]1CN[C@@H]2CCCS(O)(O)N1C2. The van der Waals surface area contributed by atoms with Crippen molar-refractivity contribution in [3.8, 4) is 0 Å². The maximum Gasteiger partial charge on any atom is 0.405 e. The standard InChI is InChI=1S/C28H45ClN4O5S/c1-18(2)25(20-9-12-21(29)13-10-20)26(32-28(35)36)27(34)31-24-8-4-3-6-19(24)11-14-23-16-30-22-7-5-15-39(37,38)33(23)17-22/h9-10,12-13,18-19,22-26,30,32,37-38H,3-8,11,14-17H2,1-2H3,(H,31,34)(H,35,36)/t19-,22-,23+,24+,25+,26+/m1/s1. The van der Waals surface area contributed by atoms with Gasteiger partial charge in [0.15, 0.2) is 0 Å². The van der Waals surface area contributed by atoms with Crippen LogP contribution in [0.25, 0.3) is 0 Å². The van der Waals surface area contributed by atoms with Crippen molar-refractivity contribution in [2.75, 3.05) is 18.8 Å². The molecule has 7 atom stereocenters. The van der Waals surface area contributed by atoms with Gasteiger partial charge in [0.25, 0.3) is 0 Å². The second-order valence-corrected chi connectivity index (χ2v) is 14.4. The summed E-state index contributed by atoms with van der Waals surface area (Å²) >= 11 is 6.08. The molecule has 0 radical (unpaired) electrons. The zero-order valence-electron chi connectivity index (χ0n) is 23.0. The molecule has 1 aromatic carbocycles. The van der Waals surface area contributed by atoms with Gasteiger partial charge in [0.2, 0.25) is 5.91 Å². The molecule has 1 aliphatic carbocycles. The lowest BCUT2D eigenvalue weighted by molar-refractivity contribution is -0.125. The van der Waals surface area contributed by atoms with E-state index in [9.17, 15) is 23.8 Å². The van der Waals surface area contributed by atoms with Gasteiger partial charge in [0.1, 0.15) is 6.04 Å². The topological polar surface area (TPSA) is 134 Å². The van der Waals surface area contributed by atoms with Crippen molar-refractivity contribution in [1.29, 1.82) is 0 Å². The van der Waals surface area contributed by atoms with Crippen LogP contribution in [-0.4, -0.2) is 73.5 Å². The summed E-state index contributed by atoms with van der Waals surface area (Å²) in [6.45, 7) is 5.39. The van der Waals surface area contributed by atoms with Crippen LogP contribution in [0.5, 0.6) is 0 Å². The molecule has 0 aromatic heterocycles. The van der Waals surface area contributed by atoms with Crippen molar-refractivity contribution < 1.29 is 23.8 Å². The first-order valence-electron chi connectivity index (χ1n) is 14.4. The summed E-state index contributed by atoms with van der Waals surface area (Å²) in [5, 5.41) is 19.5. The maximum atomic E-state index is 13.7. The van der Waals surface area contributed by atoms with E-state index in [1.807, 2.05) is 30.3 Å². The lowest BCUT2D eigenvalue weighted by atomic mass is 9.79. The summed E-state index contributed by atoms with van der Waals surface area (Å²) in [7, 11) is -2.74. The molecule has 0 spiro atoms. The average Bonchev–Trinajstić information content (AvgIpc) is 3.00. The van der Waals surface area contributed by atoms with Crippen LogP contribution in [0.15, 0.2) is 24.3 Å². The Morgan fingerprint density at radius 2 is 1.82 bits per heavy atom. The number of piperazine rings is 1. The first-order valence-corrected chi connectivity index (χ1v) is 16.4. The lowest BCUT2D eigenvalue weighted by Crippen LogP contribution is -2.56. The Morgan fingerprint density at radius 3 is 2.51 bits per heavy atom. The summed E-state index contributed by atoms with van der Waals surface area (Å²) in [4.78, 5) is 25.5. The van der Waals surface area contributed by atoms with Crippen LogP contribution in [0.3, 0.4) is 0 Å². The molecule has 2 aliphatic heterocycles. The summed E-state index contributed by atoms with van der Waals surface area (Å²) in [5.41, 5.74) is 0.864. The first-order chi connectivity index (χ1) is 18.5. The molecule has 2 bridgehead atoms. The third kappa shape index (κ3) is 7.80. The molecule has 9 nitrogen and oxygen atoms in total. The molecule has 3 fully saturated rings. The number of nitrogens with zero attached hydrogens (tertiary/aromatic N) is 1. The molecule has 2 heterocycles. The fraction of sp³-hybridized carbons (Fsp3) is 0.714. The Balaban J connectivity index is 1.45. The third-order valence-corrected chi connectivity index (χ3v) is 11.1. The van der Waals surface area contributed by atoms with Gasteiger partial charge < -0.3 is 21.1 Å². The minimum absolute atomic E-state index is 0.00640. The Bertz CT molecular complexity index is 981. The molecule has 2 saturated heterocycles. The number of fused-ring (bicyclic) bond motifs is 2. The monoisotopic (exact) mass is 584 g/mol. The van der Waals surface area contributed by atoms with Crippen LogP contribution in [0.1, 0.15) is 76.7 Å². The Kier molecular flexibility index (Phi) is 10.4. The quantitative estimate of drug-likeness (QED) is 0.233. The van der Waals surface area contributed by atoms with Gasteiger partial charge in [-0.3, -0.25) is 13.9 Å². The molecule has 11 heteroatoms. The zero-order valence-corrected chi connectivity index (χ0v) is 24.6. The normalized spacial score (nSPS) is 31.0. The van der Waals surface area contributed by atoms with Crippen molar-refractivity contribution in [2.45, 2.75) is 95.3 Å². The Labute approximate surface area is 238 Å². The Hall–Kier alpha value is -1.56. The van der Waals surface area contributed by atoms with E-state index in [4.69, 9.17) is 11.6 Å². The Morgan fingerprint density at radius 1 is 1.10 bits per heavy atom. The van der Waals surface area contributed by atoms with Crippen molar-refractivity contribution in [2.24, 2.45) is 11.8 Å². The van der Waals surface area contributed by atoms with Gasteiger partial charge in [-0.1, -0.05) is 50.4 Å². The van der Waals surface area contributed by atoms with E-state index in [0.717, 1.165) is 63.5 Å². The summed E-state index contributed by atoms with van der Waals surface area (Å²) in [6.07, 6.45) is 6.21. The van der Waals surface area contributed by atoms with Crippen molar-refractivity contribution >= 4 is 34.4 Å². The number of benzene rings is 1. The number of amides is 2. The second-order valence-electron chi connectivity index (χ2n) is 11.8. The molecule has 39 heavy (non-hydrogen) atoms. The second kappa shape index (κ2) is 13.4. The molecule has 1 aromatic rings. The zero-order chi connectivity index (χ0) is 28.2. The van der Waals surface area contributed by atoms with Gasteiger partial charge in [0.05, 0.1) is 5.75 Å². The van der Waals surface area contributed by atoms with E-state index < -0.39 is 22.9 Å². The van der Waals surface area contributed by atoms with Gasteiger partial charge in [-0.05, 0) is 68.1 Å². The fourth-order valence-corrected chi connectivity index (χ4v) is 8.78. The number of carbonyl (C=O) groups is 2. The third-order valence-electron chi connectivity index (χ3n) is 8.80. The van der Waals surface area contributed by atoms with Crippen LogP contribution < -0.4 is 16.0 Å². The number of hydrogen-bond acceptors (Lipinski definition) is 6. The highest BCUT2D eigenvalue weighted by Crippen LogP contribution is 2.49. The summed E-state index contributed by atoms with van der Waals surface area (Å²) in [6, 6.07) is 6.63. The van der Waals surface area contributed by atoms with Gasteiger partial charge in [0, 0.05) is 42.2 Å². The van der Waals surface area contributed by atoms with Gasteiger partial charge in [-0.15, -0.1) is 10.8 Å². The summed E-state index contributed by atoms with van der Waals surface area (Å²) in [5.74, 6) is 0.0492. The average molecular weight is 585 g/mol. The van der Waals surface area contributed by atoms with E-state index >= 15 is 0 Å². The molecular formula is C28H45ClN4O5S. The molecule has 3 aliphatic rings. The minimum atomic E-state index is -2.74. The molecule has 6 N–H and O–H groups in total. The number of halogens is 1. The fourth-order valence-electron chi connectivity index (χ4n) is 6.79. The van der Waals surface area contributed by atoms with E-state index in [2.05, 4.69) is 16.0 Å². The highest BCUT2D eigenvalue weighted by Gasteiger charge is 2.40. The van der Waals surface area contributed by atoms with Crippen LogP contribution >= 0.6 is 22.4 Å². The van der Waals surface area contributed by atoms with Gasteiger partial charge >= 0.3 is 6.09 Å². The molecule has 2 amide bonds. The number of hydrogen-bond donors (Lipinski definition) is 6. The van der Waals surface area contributed by atoms with Crippen LogP contribution in [-0.2, 0) is 4.79 Å². The molecule has 1 unspecified atom stereocenters. The lowest BCUT2D eigenvalue weighted by Gasteiger charge is -2.49. The highest BCUT2D eigenvalue weighted by atomic mass is 35.5. The molecule has 220 valence electrons. The number of carboxylic acid groups (broad SMARTS) is 1. The minimum Gasteiger partial charge on any atom is -0.465 e. The molecule has 4 rings (SSSR count). The predicted octanol–water partition coefficient (Wildman–Crippen LogP) is 5.27.